The molecule has 0 spiro atoms. The second-order valence-corrected chi connectivity index (χ2v) is 8.17. The van der Waals surface area contributed by atoms with Crippen LogP contribution in [0.2, 0.25) is 0 Å². The van der Waals surface area contributed by atoms with Gasteiger partial charge in [-0.25, -0.2) is 4.98 Å². The minimum absolute atomic E-state index is 0.144. The van der Waals surface area contributed by atoms with Crippen LogP contribution in [-0.4, -0.2) is 44.9 Å². The predicted octanol–water partition coefficient (Wildman–Crippen LogP) is 3.18. The lowest BCUT2D eigenvalue weighted by molar-refractivity contribution is 0.0648. The summed E-state index contributed by atoms with van der Waals surface area (Å²) in [5.41, 5.74) is -0.0766. The first-order chi connectivity index (χ1) is 11.7. The van der Waals surface area contributed by atoms with E-state index in [2.05, 4.69) is 16.9 Å². The van der Waals surface area contributed by atoms with E-state index in [-0.39, 0.29) is 23.1 Å². The van der Waals surface area contributed by atoms with Crippen molar-refractivity contribution in [2.45, 2.75) is 63.8 Å². The monoisotopic (exact) mass is 349 g/mol. The maximum absolute atomic E-state index is 13.0. The Labute approximate surface area is 147 Å². The molecular weight excluding hydrogens is 322 g/mol. The fourth-order valence-corrected chi connectivity index (χ4v) is 4.04. The molecule has 24 heavy (non-hydrogen) atoms. The quantitative estimate of drug-likeness (QED) is 0.768. The number of nitrogens with zero attached hydrogens (tertiary/aromatic N) is 2. The van der Waals surface area contributed by atoms with Crippen LogP contribution in [0, 0.1) is 0 Å². The molecule has 5 nitrogen and oxygen atoms in total. The van der Waals surface area contributed by atoms with Gasteiger partial charge in [-0.05, 0) is 31.4 Å². The molecular formula is C18H27N3O2S. The second-order valence-electron chi connectivity index (χ2n) is 6.77. The Morgan fingerprint density at radius 1 is 1.29 bits per heavy atom. The molecule has 2 saturated carbocycles. The molecule has 0 aliphatic heterocycles. The van der Waals surface area contributed by atoms with E-state index in [9.17, 15) is 9.59 Å². The molecule has 2 aliphatic rings. The molecule has 0 unspecified atom stereocenters. The van der Waals surface area contributed by atoms with Crippen LogP contribution in [0.1, 0.15) is 74.0 Å². The molecule has 2 aliphatic carbocycles. The summed E-state index contributed by atoms with van der Waals surface area (Å²) in [5, 5.41) is 0. The number of aromatic amines is 1. The third-order valence-corrected chi connectivity index (χ3v) is 5.85. The first kappa shape index (κ1) is 17.5. The SMILES string of the molecule is CCSCCN(C(=O)c1cnc(C2CC2)[nH]c1=O)C1CCCCC1. The largest absolute Gasteiger partial charge is 0.335 e. The maximum atomic E-state index is 13.0. The van der Waals surface area contributed by atoms with Gasteiger partial charge in [0, 0.05) is 30.5 Å². The number of nitrogens with one attached hydrogen (secondary N) is 1. The number of rotatable bonds is 7. The molecule has 1 aromatic heterocycles. The van der Waals surface area contributed by atoms with Gasteiger partial charge < -0.3 is 9.88 Å². The van der Waals surface area contributed by atoms with Crippen LogP contribution in [0.3, 0.4) is 0 Å². The number of thioether (sulfide) groups is 1. The van der Waals surface area contributed by atoms with Crippen LogP contribution < -0.4 is 5.56 Å². The topological polar surface area (TPSA) is 66.1 Å². The van der Waals surface area contributed by atoms with Crippen molar-refractivity contribution < 1.29 is 4.79 Å². The normalized spacial score (nSPS) is 18.5. The number of hydrogen-bond acceptors (Lipinski definition) is 4. The van der Waals surface area contributed by atoms with Crippen LogP contribution in [0.4, 0.5) is 0 Å². The van der Waals surface area contributed by atoms with Crippen LogP contribution in [-0.2, 0) is 0 Å². The molecule has 2 fully saturated rings. The molecule has 0 saturated heterocycles. The third-order valence-electron chi connectivity index (χ3n) is 4.97. The van der Waals surface area contributed by atoms with Crippen LogP contribution >= 0.6 is 11.8 Å². The Kier molecular flexibility index (Phi) is 5.98. The first-order valence-electron chi connectivity index (χ1n) is 9.18. The summed E-state index contributed by atoms with van der Waals surface area (Å²) in [6.45, 7) is 2.84. The number of carbonyl (C=O) groups is 1. The van der Waals surface area contributed by atoms with Gasteiger partial charge in [0.2, 0.25) is 0 Å². The summed E-state index contributed by atoms with van der Waals surface area (Å²) in [5.74, 6) is 2.95. The number of aromatic nitrogens is 2. The van der Waals surface area contributed by atoms with Crippen molar-refractivity contribution in [3.8, 4) is 0 Å². The zero-order valence-corrected chi connectivity index (χ0v) is 15.2. The summed E-state index contributed by atoms with van der Waals surface area (Å²) in [6, 6.07) is 0.270. The van der Waals surface area contributed by atoms with E-state index in [0.29, 0.717) is 12.5 Å². The van der Waals surface area contributed by atoms with Gasteiger partial charge in [-0.15, -0.1) is 0 Å². The van der Waals surface area contributed by atoms with Crippen molar-refractivity contribution in [1.82, 2.24) is 14.9 Å². The zero-order valence-electron chi connectivity index (χ0n) is 14.4. The Hall–Kier alpha value is -1.30. The van der Waals surface area contributed by atoms with E-state index in [1.165, 1.54) is 25.5 Å². The fraction of sp³-hybridized carbons (Fsp3) is 0.722. The highest BCUT2D eigenvalue weighted by Crippen LogP contribution is 2.37. The number of carbonyl (C=O) groups excluding carboxylic acids is 1. The Morgan fingerprint density at radius 3 is 2.67 bits per heavy atom. The molecule has 132 valence electrons. The van der Waals surface area contributed by atoms with Crippen molar-refractivity contribution in [3.63, 3.8) is 0 Å². The van der Waals surface area contributed by atoms with Crippen LogP contribution in [0.25, 0.3) is 0 Å². The lowest BCUT2D eigenvalue weighted by Gasteiger charge is -2.34. The van der Waals surface area contributed by atoms with Gasteiger partial charge in [-0.3, -0.25) is 9.59 Å². The smallest absolute Gasteiger partial charge is 0.263 e. The average Bonchev–Trinajstić information content (AvgIpc) is 3.44. The lowest BCUT2D eigenvalue weighted by atomic mass is 9.94. The van der Waals surface area contributed by atoms with E-state index in [0.717, 1.165) is 43.0 Å². The number of amides is 1. The summed E-state index contributed by atoms with van der Waals surface area (Å²) in [7, 11) is 0. The van der Waals surface area contributed by atoms with Gasteiger partial charge >= 0.3 is 0 Å². The molecule has 1 amide bonds. The minimum Gasteiger partial charge on any atom is -0.335 e. The van der Waals surface area contributed by atoms with Crippen molar-refractivity contribution in [2.24, 2.45) is 0 Å². The summed E-state index contributed by atoms with van der Waals surface area (Å²) < 4.78 is 0. The molecule has 0 atom stereocenters. The Bertz CT molecular complexity index is 621. The van der Waals surface area contributed by atoms with Gasteiger partial charge in [0.15, 0.2) is 0 Å². The second kappa shape index (κ2) is 8.19. The van der Waals surface area contributed by atoms with Gasteiger partial charge in [0.1, 0.15) is 11.4 Å². The van der Waals surface area contributed by atoms with Crippen LogP contribution in [0.5, 0.6) is 0 Å². The van der Waals surface area contributed by atoms with Gasteiger partial charge in [0.05, 0.1) is 0 Å². The lowest BCUT2D eigenvalue weighted by Crippen LogP contribution is -2.44. The van der Waals surface area contributed by atoms with Gasteiger partial charge in [0.25, 0.3) is 11.5 Å². The summed E-state index contributed by atoms with van der Waals surface area (Å²) in [4.78, 5) is 34.5. The standard InChI is InChI=1S/C18H27N3O2S/c1-2-24-11-10-21(14-6-4-3-5-7-14)18(23)15-12-19-16(13-8-9-13)20-17(15)22/h12-14H,2-11H2,1H3,(H,19,20,22). The van der Waals surface area contributed by atoms with Crippen molar-refractivity contribution in [1.29, 1.82) is 0 Å². The zero-order chi connectivity index (χ0) is 16.9. The van der Waals surface area contributed by atoms with Crippen molar-refractivity contribution in [2.75, 3.05) is 18.1 Å². The van der Waals surface area contributed by atoms with E-state index < -0.39 is 0 Å². The molecule has 1 N–H and O–H groups in total. The summed E-state index contributed by atoms with van der Waals surface area (Å²) >= 11 is 1.84. The Balaban J connectivity index is 1.77. The first-order valence-corrected chi connectivity index (χ1v) is 10.3. The average molecular weight is 350 g/mol. The molecule has 0 bridgehead atoms. The van der Waals surface area contributed by atoms with E-state index in [1.807, 2.05) is 16.7 Å². The molecule has 6 heteroatoms. The van der Waals surface area contributed by atoms with Crippen molar-refractivity contribution in [3.05, 3.63) is 27.9 Å². The highest BCUT2D eigenvalue weighted by Gasteiger charge is 2.30. The van der Waals surface area contributed by atoms with E-state index in [1.54, 1.807) is 0 Å². The highest BCUT2D eigenvalue weighted by molar-refractivity contribution is 7.99. The summed E-state index contributed by atoms with van der Waals surface area (Å²) in [6.07, 6.45) is 9.35. The number of hydrogen-bond donors (Lipinski definition) is 1. The highest BCUT2D eigenvalue weighted by atomic mass is 32.2. The molecule has 0 aromatic carbocycles. The van der Waals surface area contributed by atoms with Crippen molar-refractivity contribution >= 4 is 17.7 Å². The maximum Gasteiger partial charge on any atom is 0.263 e. The number of H-pyrrole nitrogens is 1. The molecule has 1 aromatic rings. The van der Waals surface area contributed by atoms with E-state index >= 15 is 0 Å². The van der Waals surface area contributed by atoms with E-state index in [4.69, 9.17) is 0 Å². The van der Waals surface area contributed by atoms with Gasteiger partial charge in [-0.2, -0.15) is 11.8 Å². The van der Waals surface area contributed by atoms with Gasteiger partial charge in [-0.1, -0.05) is 26.2 Å². The molecule has 1 heterocycles. The van der Waals surface area contributed by atoms with Crippen LogP contribution in [0.15, 0.2) is 11.0 Å². The third kappa shape index (κ3) is 4.21. The fourth-order valence-electron chi connectivity index (χ4n) is 3.43. The minimum atomic E-state index is -0.277. The predicted molar refractivity (Wildman–Crippen MR) is 97.7 cm³/mol. The Morgan fingerprint density at radius 2 is 2.04 bits per heavy atom. The molecule has 0 radical (unpaired) electrons. The molecule has 3 rings (SSSR count).